The second-order valence-corrected chi connectivity index (χ2v) is 9.45. The van der Waals surface area contributed by atoms with E-state index in [-0.39, 0.29) is 0 Å². The normalized spacial score (nSPS) is 10.9. The maximum Gasteiger partial charge on any atom is 0.179 e. The van der Waals surface area contributed by atoms with E-state index in [1.165, 1.54) is 0 Å². The van der Waals surface area contributed by atoms with Crippen molar-refractivity contribution in [3.63, 3.8) is 0 Å². The molecular formula is C29H28BrN5O3. The van der Waals surface area contributed by atoms with Gasteiger partial charge in [0, 0.05) is 13.1 Å². The molecule has 0 spiro atoms. The van der Waals surface area contributed by atoms with Gasteiger partial charge in [-0.1, -0.05) is 36.4 Å². The first-order valence-corrected chi connectivity index (χ1v) is 12.9. The van der Waals surface area contributed by atoms with Gasteiger partial charge in [0.25, 0.3) is 0 Å². The molecule has 0 amide bonds. The van der Waals surface area contributed by atoms with Crippen LogP contribution in [-0.2, 0) is 19.6 Å². The van der Waals surface area contributed by atoms with Crippen LogP contribution in [0.3, 0.4) is 0 Å². The molecule has 2 heterocycles. The first-order valence-electron chi connectivity index (χ1n) is 12.1. The minimum Gasteiger partial charge on any atom is -0.497 e. The van der Waals surface area contributed by atoms with Crippen LogP contribution in [0, 0.1) is 0 Å². The maximum atomic E-state index is 5.34. The van der Waals surface area contributed by atoms with Crippen molar-refractivity contribution in [2.75, 3.05) is 26.2 Å². The molecule has 2 aromatic heterocycles. The van der Waals surface area contributed by atoms with Gasteiger partial charge < -0.3 is 19.1 Å². The minimum atomic E-state index is 0.606. The van der Waals surface area contributed by atoms with Crippen LogP contribution in [0.1, 0.15) is 16.7 Å². The third-order valence-electron chi connectivity index (χ3n) is 6.33. The highest BCUT2D eigenvalue weighted by Crippen LogP contribution is 2.29. The van der Waals surface area contributed by atoms with Gasteiger partial charge in [0.05, 0.1) is 27.9 Å². The van der Waals surface area contributed by atoms with Crippen molar-refractivity contribution in [2.24, 2.45) is 0 Å². The summed E-state index contributed by atoms with van der Waals surface area (Å²) < 4.78 is 18.7. The van der Waals surface area contributed by atoms with Gasteiger partial charge in [0.2, 0.25) is 0 Å². The maximum absolute atomic E-state index is 5.34. The molecule has 3 aromatic carbocycles. The molecule has 0 aliphatic rings. The molecular weight excluding hydrogens is 546 g/mol. The lowest BCUT2D eigenvalue weighted by Crippen LogP contribution is -2.23. The van der Waals surface area contributed by atoms with E-state index in [0.717, 1.165) is 50.9 Å². The summed E-state index contributed by atoms with van der Waals surface area (Å²) in [5.74, 6) is 3.22. The molecule has 0 saturated heterocycles. The second-order valence-electron chi connectivity index (χ2n) is 8.74. The Hall–Kier alpha value is -4.11. The topological polar surface area (TPSA) is 74.5 Å². The van der Waals surface area contributed by atoms with Gasteiger partial charge in [0.15, 0.2) is 21.7 Å². The molecule has 0 aliphatic heterocycles. The molecule has 8 nitrogen and oxygen atoms in total. The number of hydrogen-bond donors (Lipinski definition) is 0. The van der Waals surface area contributed by atoms with Crippen LogP contribution in [0.5, 0.6) is 17.2 Å². The molecule has 0 bridgehead atoms. The SMILES string of the molecule is COc1ccc(CN(Cc2ccc(OC)cc2)c2ncnc3c2nc(Br)n3Cc2ccc(OC)cc2)cc1. The van der Waals surface area contributed by atoms with E-state index >= 15 is 0 Å². The highest BCUT2D eigenvalue weighted by atomic mass is 79.9. The van der Waals surface area contributed by atoms with E-state index in [9.17, 15) is 0 Å². The summed E-state index contributed by atoms with van der Waals surface area (Å²) in [5.41, 5.74) is 4.85. The fourth-order valence-electron chi connectivity index (χ4n) is 4.29. The Morgan fingerprint density at radius 1 is 0.684 bits per heavy atom. The highest BCUT2D eigenvalue weighted by molar-refractivity contribution is 9.10. The number of fused-ring (bicyclic) bond motifs is 1. The molecule has 0 fully saturated rings. The number of methoxy groups -OCH3 is 3. The van der Waals surface area contributed by atoms with Gasteiger partial charge in [0.1, 0.15) is 23.6 Å². The Labute approximate surface area is 230 Å². The van der Waals surface area contributed by atoms with Crippen molar-refractivity contribution >= 4 is 32.9 Å². The van der Waals surface area contributed by atoms with Crippen molar-refractivity contribution in [3.8, 4) is 17.2 Å². The van der Waals surface area contributed by atoms with Crippen LogP contribution >= 0.6 is 15.9 Å². The largest absolute Gasteiger partial charge is 0.497 e. The van der Waals surface area contributed by atoms with E-state index in [4.69, 9.17) is 24.2 Å². The number of anilines is 1. The van der Waals surface area contributed by atoms with Crippen LogP contribution in [-0.4, -0.2) is 40.8 Å². The molecule has 0 radical (unpaired) electrons. The zero-order valence-corrected chi connectivity index (χ0v) is 23.1. The van der Waals surface area contributed by atoms with E-state index < -0.39 is 0 Å². The number of halogens is 1. The van der Waals surface area contributed by atoms with E-state index in [1.807, 2.05) is 53.1 Å². The molecule has 5 rings (SSSR count). The first-order chi connectivity index (χ1) is 18.6. The molecule has 5 aromatic rings. The molecule has 38 heavy (non-hydrogen) atoms. The lowest BCUT2D eigenvalue weighted by atomic mass is 10.1. The average Bonchev–Trinajstić information content (AvgIpc) is 3.28. The van der Waals surface area contributed by atoms with Crippen LogP contribution in [0.4, 0.5) is 5.82 Å². The fraction of sp³-hybridized carbons (Fsp3) is 0.207. The summed E-state index contributed by atoms with van der Waals surface area (Å²) in [7, 11) is 5.00. The number of aromatic nitrogens is 4. The predicted octanol–water partition coefficient (Wildman–Crippen LogP) is 5.87. The Morgan fingerprint density at radius 2 is 1.16 bits per heavy atom. The number of hydrogen-bond acceptors (Lipinski definition) is 7. The monoisotopic (exact) mass is 573 g/mol. The smallest absolute Gasteiger partial charge is 0.179 e. The van der Waals surface area contributed by atoms with Crippen LogP contribution in [0.25, 0.3) is 11.2 Å². The lowest BCUT2D eigenvalue weighted by molar-refractivity contribution is 0.414. The number of benzene rings is 3. The molecule has 0 atom stereocenters. The molecule has 0 saturated carbocycles. The van der Waals surface area contributed by atoms with Crippen molar-refractivity contribution < 1.29 is 14.2 Å². The Kier molecular flexibility index (Phi) is 7.74. The third kappa shape index (κ3) is 5.57. The molecule has 194 valence electrons. The quantitative estimate of drug-likeness (QED) is 0.193. The van der Waals surface area contributed by atoms with Crippen molar-refractivity contribution in [1.29, 1.82) is 0 Å². The number of imidazole rings is 1. The molecule has 9 heteroatoms. The standard InChI is InChI=1S/C29H28BrN5O3/c1-36-23-10-4-20(5-11-23)16-34(17-21-6-12-24(37-2)13-7-21)27-26-28(32-19-31-27)35(29(30)33-26)18-22-8-14-25(38-3)15-9-22/h4-15,19H,16-18H2,1-3H3. The fourth-order valence-corrected chi connectivity index (χ4v) is 4.76. The van der Waals surface area contributed by atoms with Gasteiger partial charge in [-0.25, -0.2) is 15.0 Å². The summed E-state index contributed by atoms with van der Waals surface area (Å²) in [6.07, 6.45) is 1.60. The Balaban J connectivity index is 1.52. The first kappa shape index (κ1) is 25.5. The predicted molar refractivity (Wildman–Crippen MR) is 151 cm³/mol. The summed E-state index contributed by atoms with van der Waals surface area (Å²) in [6.45, 7) is 1.87. The lowest BCUT2D eigenvalue weighted by Gasteiger charge is -2.24. The zero-order valence-electron chi connectivity index (χ0n) is 21.5. The summed E-state index contributed by atoms with van der Waals surface area (Å²) in [6, 6.07) is 24.1. The van der Waals surface area contributed by atoms with Gasteiger partial charge >= 0.3 is 0 Å². The minimum absolute atomic E-state index is 0.606. The van der Waals surface area contributed by atoms with Crippen LogP contribution in [0.2, 0.25) is 0 Å². The number of ether oxygens (including phenoxy) is 3. The summed E-state index contributed by atoms with van der Waals surface area (Å²) >= 11 is 3.66. The second kappa shape index (κ2) is 11.5. The molecule has 0 unspecified atom stereocenters. The van der Waals surface area contributed by atoms with Gasteiger partial charge in [-0.05, 0) is 69.0 Å². The Morgan fingerprint density at radius 3 is 1.63 bits per heavy atom. The van der Waals surface area contributed by atoms with Gasteiger partial charge in [-0.3, -0.25) is 4.57 Å². The van der Waals surface area contributed by atoms with E-state index in [0.29, 0.717) is 24.4 Å². The Bertz CT molecular complexity index is 1450. The van der Waals surface area contributed by atoms with Gasteiger partial charge in [-0.2, -0.15) is 0 Å². The number of rotatable bonds is 10. The zero-order chi connectivity index (χ0) is 26.5. The third-order valence-corrected chi connectivity index (χ3v) is 6.94. The van der Waals surface area contributed by atoms with Crippen molar-refractivity contribution in [3.05, 3.63) is 101 Å². The molecule has 0 N–H and O–H groups in total. The van der Waals surface area contributed by atoms with Crippen LogP contribution < -0.4 is 19.1 Å². The van der Waals surface area contributed by atoms with Crippen molar-refractivity contribution in [2.45, 2.75) is 19.6 Å². The van der Waals surface area contributed by atoms with Crippen LogP contribution in [0.15, 0.2) is 83.9 Å². The van der Waals surface area contributed by atoms with E-state index in [1.54, 1.807) is 27.7 Å². The molecule has 0 aliphatic carbocycles. The number of nitrogens with zero attached hydrogens (tertiary/aromatic N) is 5. The van der Waals surface area contributed by atoms with Gasteiger partial charge in [-0.15, -0.1) is 0 Å². The highest BCUT2D eigenvalue weighted by Gasteiger charge is 2.20. The average molecular weight is 574 g/mol. The summed E-state index contributed by atoms with van der Waals surface area (Å²) in [4.78, 5) is 16.4. The van der Waals surface area contributed by atoms with E-state index in [2.05, 4.69) is 50.1 Å². The summed E-state index contributed by atoms with van der Waals surface area (Å²) in [5, 5.41) is 0. The van der Waals surface area contributed by atoms with Crippen molar-refractivity contribution in [1.82, 2.24) is 19.5 Å².